The summed E-state index contributed by atoms with van der Waals surface area (Å²) in [5, 5.41) is 7.21. The van der Waals surface area contributed by atoms with Crippen molar-refractivity contribution in [3.05, 3.63) is 200 Å². The van der Waals surface area contributed by atoms with Crippen molar-refractivity contribution in [2.75, 3.05) is 4.90 Å². The highest BCUT2D eigenvalue weighted by Crippen LogP contribution is 2.50. The average Bonchev–Trinajstić information content (AvgIpc) is 3.84. The van der Waals surface area contributed by atoms with Crippen LogP contribution in [0.1, 0.15) is 0 Å². The first-order chi connectivity index (χ1) is 27.3. The zero-order valence-corrected chi connectivity index (χ0v) is 30.6. The molecule has 0 bridgehead atoms. The van der Waals surface area contributed by atoms with Gasteiger partial charge in [0.25, 0.3) is 0 Å². The molecule has 258 valence electrons. The number of rotatable bonds is 6. The zero-order valence-electron chi connectivity index (χ0n) is 29.8. The van der Waals surface area contributed by atoms with Gasteiger partial charge in [0.1, 0.15) is 11.2 Å². The molecule has 0 amide bonds. The summed E-state index contributed by atoms with van der Waals surface area (Å²) in [6.45, 7) is 0. The normalized spacial score (nSPS) is 11.6. The molecule has 0 aliphatic heterocycles. The number of furan rings is 1. The summed E-state index contributed by atoms with van der Waals surface area (Å²) in [5.41, 5.74) is 12.2. The fourth-order valence-corrected chi connectivity index (χ4v) is 9.59. The molecular weight excluding hydrogens is 687 g/mol. The Bertz CT molecular complexity index is 3150. The SMILES string of the molecule is c1ccc(-c2cc(-c3ccccc3)cc(N(c3cccc4c3sc3c(-c5ccc6ccccc6c5)cccc34)c3cccc4oc5ccccc5c34)c2)cc1. The molecule has 3 heteroatoms. The Morgan fingerprint density at radius 2 is 0.964 bits per heavy atom. The molecule has 11 aromatic rings. The van der Waals surface area contributed by atoms with Crippen LogP contribution in [0.25, 0.3) is 86.3 Å². The Kier molecular flexibility index (Phi) is 7.39. The number of nitrogens with zero attached hydrogens (tertiary/aromatic N) is 1. The molecule has 0 aliphatic carbocycles. The maximum atomic E-state index is 6.51. The Hall–Kier alpha value is -6.94. The second-order valence-electron chi connectivity index (χ2n) is 14.1. The van der Waals surface area contributed by atoms with Gasteiger partial charge in [0.2, 0.25) is 0 Å². The van der Waals surface area contributed by atoms with Gasteiger partial charge in [-0.1, -0.05) is 152 Å². The predicted molar refractivity (Wildman–Crippen MR) is 235 cm³/mol. The second-order valence-corrected chi connectivity index (χ2v) is 15.1. The summed E-state index contributed by atoms with van der Waals surface area (Å²) in [7, 11) is 0. The summed E-state index contributed by atoms with van der Waals surface area (Å²) >= 11 is 1.88. The fraction of sp³-hybridized carbons (Fsp3) is 0. The monoisotopic (exact) mass is 719 g/mol. The molecule has 0 fully saturated rings. The van der Waals surface area contributed by atoms with Crippen molar-refractivity contribution < 1.29 is 4.42 Å². The van der Waals surface area contributed by atoms with Crippen LogP contribution >= 0.6 is 11.3 Å². The van der Waals surface area contributed by atoms with Gasteiger partial charge in [0.15, 0.2) is 0 Å². The van der Waals surface area contributed by atoms with Crippen molar-refractivity contribution in [3.63, 3.8) is 0 Å². The molecule has 0 aliphatic rings. The number of anilines is 3. The molecule has 2 nitrogen and oxygen atoms in total. The van der Waals surface area contributed by atoms with E-state index >= 15 is 0 Å². The first-order valence-electron chi connectivity index (χ1n) is 18.7. The van der Waals surface area contributed by atoms with Gasteiger partial charge in [-0.05, 0) is 92.7 Å². The molecule has 11 rings (SSSR count). The molecule has 0 radical (unpaired) electrons. The van der Waals surface area contributed by atoms with Crippen molar-refractivity contribution in [1.82, 2.24) is 0 Å². The van der Waals surface area contributed by atoms with E-state index in [4.69, 9.17) is 4.42 Å². The number of para-hydroxylation sites is 1. The second kappa shape index (κ2) is 12.9. The molecule has 0 atom stereocenters. The maximum absolute atomic E-state index is 6.51. The fourth-order valence-electron chi connectivity index (χ4n) is 8.25. The van der Waals surface area contributed by atoms with Gasteiger partial charge in [-0.15, -0.1) is 11.3 Å². The van der Waals surface area contributed by atoms with Crippen LogP contribution in [0.15, 0.2) is 205 Å². The summed E-state index contributed by atoms with van der Waals surface area (Å²) in [6.07, 6.45) is 0. The summed E-state index contributed by atoms with van der Waals surface area (Å²) < 4.78 is 9.03. The minimum absolute atomic E-state index is 0.869. The van der Waals surface area contributed by atoms with Gasteiger partial charge >= 0.3 is 0 Å². The summed E-state index contributed by atoms with van der Waals surface area (Å²) in [5.74, 6) is 0. The minimum Gasteiger partial charge on any atom is -0.456 e. The van der Waals surface area contributed by atoms with E-state index in [9.17, 15) is 0 Å². The van der Waals surface area contributed by atoms with Crippen molar-refractivity contribution >= 4 is 81.3 Å². The third-order valence-corrected chi connectivity index (χ3v) is 12.1. The van der Waals surface area contributed by atoms with Gasteiger partial charge < -0.3 is 9.32 Å². The van der Waals surface area contributed by atoms with Crippen molar-refractivity contribution in [1.29, 1.82) is 0 Å². The number of thiophene rings is 1. The van der Waals surface area contributed by atoms with Gasteiger partial charge in [-0.2, -0.15) is 0 Å². The molecule has 0 saturated heterocycles. The van der Waals surface area contributed by atoms with Gasteiger partial charge in [-0.3, -0.25) is 0 Å². The van der Waals surface area contributed by atoms with Crippen molar-refractivity contribution in [2.45, 2.75) is 0 Å². The topological polar surface area (TPSA) is 16.4 Å². The third-order valence-electron chi connectivity index (χ3n) is 10.8. The highest BCUT2D eigenvalue weighted by molar-refractivity contribution is 7.27. The highest BCUT2D eigenvalue weighted by atomic mass is 32.1. The van der Waals surface area contributed by atoms with Crippen LogP contribution in [0.4, 0.5) is 17.1 Å². The lowest BCUT2D eigenvalue weighted by Gasteiger charge is -2.28. The van der Waals surface area contributed by atoms with E-state index in [0.29, 0.717) is 0 Å². The van der Waals surface area contributed by atoms with E-state index in [1.165, 1.54) is 53.2 Å². The van der Waals surface area contributed by atoms with Crippen LogP contribution < -0.4 is 4.90 Å². The Balaban J connectivity index is 1.22. The largest absolute Gasteiger partial charge is 0.456 e. The van der Waals surface area contributed by atoms with E-state index in [1.54, 1.807) is 0 Å². The van der Waals surface area contributed by atoms with Gasteiger partial charge in [0, 0.05) is 26.5 Å². The maximum Gasteiger partial charge on any atom is 0.137 e. The molecular formula is C52H33NOS. The Morgan fingerprint density at radius 3 is 1.75 bits per heavy atom. The quantitative estimate of drug-likeness (QED) is 0.170. The minimum atomic E-state index is 0.869. The lowest BCUT2D eigenvalue weighted by molar-refractivity contribution is 0.669. The molecule has 0 spiro atoms. The Morgan fingerprint density at radius 1 is 0.364 bits per heavy atom. The van der Waals surface area contributed by atoms with Crippen LogP contribution in [0.5, 0.6) is 0 Å². The van der Waals surface area contributed by atoms with E-state index in [0.717, 1.165) is 50.1 Å². The number of fused-ring (bicyclic) bond motifs is 7. The predicted octanol–water partition coefficient (Wildman–Crippen LogP) is 15.6. The molecule has 2 aromatic heterocycles. The van der Waals surface area contributed by atoms with E-state index < -0.39 is 0 Å². The first kappa shape index (κ1) is 31.6. The lowest BCUT2D eigenvalue weighted by Crippen LogP contribution is -2.11. The zero-order chi connectivity index (χ0) is 36.3. The van der Waals surface area contributed by atoms with Crippen LogP contribution in [0.3, 0.4) is 0 Å². The number of hydrogen-bond donors (Lipinski definition) is 0. The van der Waals surface area contributed by atoms with Gasteiger partial charge in [-0.25, -0.2) is 0 Å². The number of hydrogen-bond acceptors (Lipinski definition) is 3. The molecule has 0 unspecified atom stereocenters. The van der Waals surface area contributed by atoms with Crippen LogP contribution in [-0.2, 0) is 0 Å². The molecule has 2 heterocycles. The first-order valence-corrected chi connectivity index (χ1v) is 19.5. The highest BCUT2D eigenvalue weighted by Gasteiger charge is 2.24. The molecule has 9 aromatic carbocycles. The number of benzene rings is 9. The van der Waals surface area contributed by atoms with Crippen LogP contribution in [0, 0.1) is 0 Å². The van der Waals surface area contributed by atoms with Gasteiger partial charge in [0.05, 0.1) is 21.5 Å². The van der Waals surface area contributed by atoms with E-state index in [1.807, 2.05) is 17.4 Å². The van der Waals surface area contributed by atoms with Crippen LogP contribution in [-0.4, -0.2) is 0 Å². The van der Waals surface area contributed by atoms with Crippen LogP contribution in [0.2, 0.25) is 0 Å². The molecule has 0 saturated carbocycles. The van der Waals surface area contributed by atoms with E-state index in [-0.39, 0.29) is 0 Å². The van der Waals surface area contributed by atoms with Crippen molar-refractivity contribution in [2.24, 2.45) is 0 Å². The van der Waals surface area contributed by atoms with Crippen molar-refractivity contribution in [3.8, 4) is 33.4 Å². The smallest absolute Gasteiger partial charge is 0.137 e. The lowest BCUT2D eigenvalue weighted by atomic mass is 9.97. The average molecular weight is 720 g/mol. The third kappa shape index (κ3) is 5.32. The summed E-state index contributed by atoms with van der Waals surface area (Å²) in [6, 6.07) is 72.2. The van der Waals surface area contributed by atoms with E-state index in [2.05, 4.69) is 199 Å². The molecule has 0 N–H and O–H groups in total. The summed E-state index contributed by atoms with van der Waals surface area (Å²) in [4.78, 5) is 2.47. The molecule has 55 heavy (non-hydrogen) atoms. The Labute approximate surface area is 322 Å². The standard InChI is InChI=1S/C52H33NOS/c1-3-14-34(15-4-1)39-31-40(35-16-5-2-6-17-35)33-41(32-39)53(46-24-13-27-49-50(46)45-20-9-10-26-48(45)54-49)47-25-12-23-44-43-22-11-21-42(51(43)55-52(44)47)38-29-28-36-18-7-8-19-37(36)30-38/h1-33H.